The van der Waals surface area contributed by atoms with Gasteiger partial charge in [0.05, 0.1) is 40.1 Å². The number of benzene rings is 2. The largest absolute Gasteiger partial charge is 0.465 e. The number of hydrogen-bond acceptors (Lipinski definition) is 5. The van der Waals surface area contributed by atoms with Crippen molar-refractivity contribution in [3.8, 4) is 0 Å². The lowest BCUT2D eigenvalue weighted by Gasteiger charge is -2.06. The highest BCUT2D eigenvalue weighted by atomic mass is 35.5. The van der Waals surface area contributed by atoms with Crippen LogP contribution in [-0.2, 0) is 16.0 Å². The second-order valence-corrected chi connectivity index (χ2v) is 7.80. The molecule has 152 valence electrons. The molecule has 0 aliphatic heterocycles. The van der Waals surface area contributed by atoms with E-state index >= 15 is 0 Å². The molecule has 2 aromatic carbocycles. The quantitative estimate of drug-likeness (QED) is 0.405. The number of amides is 1. The number of halogens is 2. The van der Waals surface area contributed by atoms with Gasteiger partial charge in [0.25, 0.3) is 5.91 Å². The molecule has 0 saturated heterocycles. The van der Waals surface area contributed by atoms with Crippen molar-refractivity contribution in [3.05, 3.63) is 62.4 Å². The highest BCUT2D eigenvalue weighted by molar-refractivity contribution is 7.16. The predicted molar refractivity (Wildman–Crippen MR) is 114 cm³/mol. The van der Waals surface area contributed by atoms with Crippen molar-refractivity contribution in [2.45, 2.75) is 13.5 Å². The molecule has 0 N–H and O–H groups in total. The van der Waals surface area contributed by atoms with Gasteiger partial charge in [-0.2, -0.15) is 4.99 Å². The van der Waals surface area contributed by atoms with Crippen LogP contribution in [0.1, 0.15) is 27.6 Å². The molecule has 0 fully saturated rings. The minimum atomic E-state index is -0.475. The van der Waals surface area contributed by atoms with E-state index in [1.54, 1.807) is 24.3 Å². The summed E-state index contributed by atoms with van der Waals surface area (Å²) in [5.74, 6) is -0.903. The number of carbonyl (C=O) groups is 2. The van der Waals surface area contributed by atoms with Crippen molar-refractivity contribution in [3.63, 3.8) is 0 Å². The van der Waals surface area contributed by atoms with Crippen LogP contribution in [0.15, 0.2) is 41.4 Å². The lowest BCUT2D eigenvalue weighted by molar-refractivity contribution is 0.0600. The highest BCUT2D eigenvalue weighted by Crippen LogP contribution is 2.23. The third-order valence-electron chi connectivity index (χ3n) is 4.13. The normalized spacial score (nSPS) is 11.8. The SMILES string of the molecule is CCOCCn1c(=NC(=O)c2ccc(Cl)cc2Cl)sc2cc(C(=O)OC)ccc21. The molecular weight excluding hydrogens is 435 g/mol. The molecule has 0 spiro atoms. The van der Waals surface area contributed by atoms with E-state index in [1.165, 1.54) is 24.5 Å². The minimum Gasteiger partial charge on any atom is -0.465 e. The molecule has 0 saturated carbocycles. The lowest BCUT2D eigenvalue weighted by Crippen LogP contribution is -2.19. The maximum absolute atomic E-state index is 12.7. The van der Waals surface area contributed by atoms with E-state index in [9.17, 15) is 9.59 Å². The van der Waals surface area contributed by atoms with Crippen molar-refractivity contribution in [2.24, 2.45) is 4.99 Å². The van der Waals surface area contributed by atoms with Gasteiger partial charge in [0.15, 0.2) is 4.80 Å². The number of fused-ring (bicyclic) bond motifs is 1. The summed E-state index contributed by atoms with van der Waals surface area (Å²) in [6.07, 6.45) is 0. The van der Waals surface area contributed by atoms with Gasteiger partial charge < -0.3 is 14.0 Å². The zero-order valence-electron chi connectivity index (χ0n) is 15.8. The van der Waals surface area contributed by atoms with E-state index in [1.807, 2.05) is 17.6 Å². The third kappa shape index (κ3) is 4.87. The van der Waals surface area contributed by atoms with Gasteiger partial charge in [0.2, 0.25) is 0 Å². The molecule has 0 aliphatic rings. The van der Waals surface area contributed by atoms with E-state index in [-0.39, 0.29) is 10.6 Å². The van der Waals surface area contributed by atoms with Gasteiger partial charge in [-0.25, -0.2) is 4.79 Å². The number of esters is 1. The molecule has 29 heavy (non-hydrogen) atoms. The number of carbonyl (C=O) groups excluding carboxylic acids is 2. The minimum absolute atomic E-state index is 0.237. The first-order valence-corrected chi connectivity index (χ1v) is 10.4. The summed E-state index contributed by atoms with van der Waals surface area (Å²) < 4.78 is 12.9. The second kappa shape index (κ2) is 9.54. The Morgan fingerprint density at radius 3 is 2.66 bits per heavy atom. The standard InChI is InChI=1S/C20H18Cl2N2O4S/c1-3-28-9-8-24-16-7-4-12(19(26)27-2)10-17(16)29-20(24)23-18(25)14-6-5-13(21)11-15(14)22/h4-7,10-11H,3,8-9H2,1-2H3. The summed E-state index contributed by atoms with van der Waals surface area (Å²) in [5.41, 5.74) is 1.54. The summed E-state index contributed by atoms with van der Waals surface area (Å²) in [4.78, 5) is 29.3. The number of rotatable bonds is 6. The molecule has 6 nitrogen and oxygen atoms in total. The van der Waals surface area contributed by atoms with Crippen LogP contribution in [0.3, 0.4) is 0 Å². The highest BCUT2D eigenvalue weighted by Gasteiger charge is 2.14. The van der Waals surface area contributed by atoms with Gasteiger partial charge in [-0.15, -0.1) is 0 Å². The van der Waals surface area contributed by atoms with Crippen LogP contribution < -0.4 is 4.80 Å². The summed E-state index contributed by atoms with van der Waals surface area (Å²) in [6, 6.07) is 9.85. The zero-order valence-corrected chi connectivity index (χ0v) is 18.1. The summed E-state index contributed by atoms with van der Waals surface area (Å²) in [7, 11) is 1.33. The summed E-state index contributed by atoms with van der Waals surface area (Å²) in [6.45, 7) is 3.47. The Morgan fingerprint density at radius 1 is 1.17 bits per heavy atom. The number of hydrogen-bond donors (Lipinski definition) is 0. The summed E-state index contributed by atoms with van der Waals surface area (Å²) in [5, 5.41) is 0.678. The van der Waals surface area contributed by atoms with Crippen molar-refractivity contribution in [1.29, 1.82) is 0 Å². The molecule has 0 aliphatic carbocycles. The van der Waals surface area contributed by atoms with Crippen molar-refractivity contribution < 1.29 is 19.1 Å². The molecule has 1 heterocycles. The lowest BCUT2D eigenvalue weighted by atomic mass is 10.2. The molecule has 1 aromatic heterocycles. The van der Waals surface area contributed by atoms with Crippen LogP contribution in [0.5, 0.6) is 0 Å². The van der Waals surface area contributed by atoms with Crippen molar-refractivity contribution in [1.82, 2.24) is 4.57 Å². The zero-order chi connectivity index (χ0) is 21.0. The predicted octanol–water partition coefficient (Wildman–Crippen LogP) is 4.57. The van der Waals surface area contributed by atoms with E-state index in [0.29, 0.717) is 35.1 Å². The average molecular weight is 453 g/mol. The van der Waals surface area contributed by atoms with E-state index < -0.39 is 11.9 Å². The van der Waals surface area contributed by atoms with Crippen molar-refractivity contribution >= 4 is 56.6 Å². The number of aromatic nitrogens is 1. The first-order chi connectivity index (χ1) is 13.9. The molecule has 0 radical (unpaired) electrons. The Labute approximate surface area is 181 Å². The van der Waals surface area contributed by atoms with Gasteiger partial charge in [-0.1, -0.05) is 34.5 Å². The van der Waals surface area contributed by atoms with E-state index in [4.69, 9.17) is 32.7 Å². The first-order valence-electron chi connectivity index (χ1n) is 8.78. The first kappa shape index (κ1) is 21.5. The fraction of sp³-hybridized carbons (Fsp3) is 0.250. The van der Waals surface area contributed by atoms with Crippen LogP contribution in [0.2, 0.25) is 10.0 Å². The van der Waals surface area contributed by atoms with Crippen LogP contribution >= 0.6 is 34.5 Å². The Kier molecular flexibility index (Phi) is 7.08. The third-order valence-corrected chi connectivity index (χ3v) is 5.71. The maximum Gasteiger partial charge on any atom is 0.337 e. The summed E-state index contributed by atoms with van der Waals surface area (Å²) >= 11 is 13.3. The van der Waals surface area contributed by atoms with Gasteiger partial charge in [-0.05, 0) is 43.3 Å². The van der Waals surface area contributed by atoms with E-state index in [0.717, 1.165) is 10.2 Å². The van der Waals surface area contributed by atoms with Crippen LogP contribution in [0.25, 0.3) is 10.2 Å². The Balaban J connectivity index is 2.10. The number of nitrogens with zero attached hydrogens (tertiary/aromatic N) is 2. The maximum atomic E-state index is 12.7. The molecule has 0 unspecified atom stereocenters. The molecule has 9 heteroatoms. The molecule has 0 bridgehead atoms. The Morgan fingerprint density at radius 2 is 1.97 bits per heavy atom. The second-order valence-electron chi connectivity index (χ2n) is 5.95. The van der Waals surface area contributed by atoms with Crippen LogP contribution in [-0.4, -0.2) is 36.8 Å². The number of ether oxygens (including phenoxy) is 2. The fourth-order valence-electron chi connectivity index (χ4n) is 2.73. The van der Waals surface area contributed by atoms with Crippen LogP contribution in [0.4, 0.5) is 0 Å². The molecular formula is C20H18Cl2N2O4S. The topological polar surface area (TPSA) is 69.9 Å². The fourth-order valence-corrected chi connectivity index (χ4v) is 4.31. The molecule has 0 atom stereocenters. The van der Waals surface area contributed by atoms with Gasteiger partial charge in [0.1, 0.15) is 0 Å². The van der Waals surface area contributed by atoms with Gasteiger partial charge >= 0.3 is 5.97 Å². The molecule has 1 amide bonds. The number of thiazole rings is 1. The van der Waals surface area contributed by atoms with Crippen molar-refractivity contribution in [2.75, 3.05) is 20.3 Å². The molecule has 3 aromatic rings. The number of methoxy groups -OCH3 is 1. The smallest absolute Gasteiger partial charge is 0.337 e. The Hall–Kier alpha value is -2.19. The van der Waals surface area contributed by atoms with E-state index in [2.05, 4.69) is 4.99 Å². The Bertz CT molecular complexity index is 1140. The van der Waals surface area contributed by atoms with Gasteiger partial charge in [-0.3, -0.25) is 4.79 Å². The molecule has 3 rings (SSSR count). The van der Waals surface area contributed by atoms with Gasteiger partial charge in [0, 0.05) is 18.2 Å². The van der Waals surface area contributed by atoms with Crippen LogP contribution in [0, 0.1) is 0 Å². The average Bonchev–Trinajstić information content (AvgIpc) is 3.03. The monoisotopic (exact) mass is 452 g/mol.